The summed E-state index contributed by atoms with van der Waals surface area (Å²) in [5.74, 6) is 0.0885. The topological polar surface area (TPSA) is 32.3 Å². The fraction of sp³-hybridized carbons (Fsp3) is 0.632. The van der Waals surface area contributed by atoms with Gasteiger partial charge < -0.3 is 10.2 Å². The molecule has 3 nitrogen and oxygen atoms in total. The molecule has 2 aliphatic rings. The molecule has 1 saturated heterocycles. The van der Waals surface area contributed by atoms with E-state index in [4.69, 9.17) is 0 Å². The normalized spacial score (nSPS) is 20.9. The standard InChI is InChI=1S/C19H26BrFN2O/c20-15-6-7-18(21)17(12-15)19(24)22-16-8-10-23(11-9-16)13-14-4-2-1-3-5-14/h6-7,12,14,16H,1-5,8-11,13H2,(H,22,24). The average Bonchev–Trinajstić information content (AvgIpc) is 2.59. The number of halogens is 2. The van der Waals surface area contributed by atoms with Gasteiger partial charge in [0, 0.05) is 30.1 Å². The molecule has 2 fully saturated rings. The molecule has 1 heterocycles. The van der Waals surface area contributed by atoms with E-state index in [1.807, 2.05) is 0 Å². The van der Waals surface area contributed by atoms with E-state index in [0.717, 1.165) is 36.3 Å². The highest BCUT2D eigenvalue weighted by molar-refractivity contribution is 9.10. The largest absolute Gasteiger partial charge is 0.349 e. The van der Waals surface area contributed by atoms with Crippen molar-refractivity contribution in [1.82, 2.24) is 10.2 Å². The number of hydrogen-bond donors (Lipinski definition) is 1. The predicted molar refractivity (Wildman–Crippen MR) is 97.6 cm³/mol. The lowest BCUT2D eigenvalue weighted by molar-refractivity contribution is 0.0897. The number of piperidine rings is 1. The van der Waals surface area contributed by atoms with E-state index >= 15 is 0 Å². The number of likely N-dealkylation sites (tertiary alicyclic amines) is 1. The lowest BCUT2D eigenvalue weighted by Crippen LogP contribution is -2.46. The quantitative estimate of drug-likeness (QED) is 0.819. The monoisotopic (exact) mass is 396 g/mol. The summed E-state index contributed by atoms with van der Waals surface area (Å²) < 4.78 is 14.5. The minimum absolute atomic E-state index is 0.119. The van der Waals surface area contributed by atoms with Crippen molar-refractivity contribution >= 4 is 21.8 Å². The maximum Gasteiger partial charge on any atom is 0.254 e. The zero-order valence-electron chi connectivity index (χ0n) is 14.1. The Morgan fingerprint density at radius 1 is 1.17 bits per heavy atom. The van der Waals surface area contributed by atoms with E-state index in [1.165, 1.54) is 44.7 Å². The van der Waals surface area contributed by atoms with Crippen LogP contribution in [0.3, 0.4) is 0 Å². The third kappa shape index (κ3) is 4.79. The third-order valence-corrected chi connectivity index (χ3v) is 5.83. The highest BCUT2D eigenvalue weighted by Crippen LogP contribution is 2.25. The number of amides is 1. The molecule has 1 saturated carbocycles. The SMILES string of the molecule is O=C(NC1CCN(CC2CCCCC2)CC1)c1cc(Br)ccc1F. The number of carbonyl (C=O) groups is 1. The summed E-state index contributed by atoms with van der Waals surface area (Å²) in [6.07, 6.45) is 8.82. The summed E-state index contributed by atoms with van der Waals surface area (Å²) in [4.78, 5) is 14.8. The van der Waals surface area contributed by atoms with Crippen molar-refractivity contribution in [2.75, 3.05) is 19.6 Å². The van der Waals surface area contributed by atoms with Crippen LogP contribution in [0.4, 0.5) is 4.39 Å². The van der Waals surface area contributed by atoms with E-state index in [0.29, 0.717) is 0 Å². The van der Waals surface area contributed by atoms with E-state index in [1.54, 1.807) is 12.1 Å². The summed E-state index contributed by atoms with van der Waals surface area (Å²) in [6, 6.07) is 4.63. The molecule has 1 N–H and O–H groups in total. The molecule has 132 valence electrons. The molecule has 3 rings (SSSR count). The second-order valence-electron chi connectivity index (χ2n) is 7.18. The molecule has 1 aromatic rings. The minimum Gasteiger partial charge on any atom is -0.349 e. The highest BCUT2D eigenvalue weighted by atomic mass is 79.9. The summed E-state index contributed by atoms with van der Waals surface area (Å²) in [5.41, 5.74) is 0.119. The molecule has 1 aliphatic carbocycles. The number of rotatable bonds is 4. The van der Waals surface area contributed by atoms with Crippen molar-refractivity contribution < 1.29 is 9.18 Å². The van der Waals surface area contributed by atoms with Gasteiger partial charge in [0.2, 0.25) is 0 Å². The second-order valence-corrected chi connectivity index (χ2v) is 8.09. The zero-order valence-corrected chi connectivity index (χ0v) is 15.7. The number of hydrogen-bond acceptors (Lipinski definition) is 2. The van der Waals surface area contributed by atoms with E-state index in [-0.39, 0.29) is 17.5 Å². The fourth-order valence-corrected chi connectivity index (χ4v) is 4.29. The fourth-order valence-electron chi connectivity index (χ4n) is 3.93. The first-order chi connectivity index (χ1) is 11.6. The van der Waals surface area contributed by atoms with Gasteiger partial charge >= 0.3 is 0 Å². The molecule has 5 heteroatoms. The van der Waals surface area contributed by atoms with Crippen molar-refractivity contribution in [1.29, 1.82) is 0 Å². The molecule has 0 radical (unpaired) electrons. The van der Waals surface area contributed by atoms with Gasteiger partial charge in [-0.3, -0.25) is 4.79 Å². The van der Waals surface area contributed by atoms with Gasteiger partial charge in [-0.15, -0.1) is 0 Å². The van der Waals surface area contributed by atoms with Crippen LogP contribution < -0.4 is 5.32 Å². The van der Waals surface area contributed by atoms with Gasteiger partial charge in [0.1, 0.15) is 5.82 Å². The molecule has 0 spiro atoms. The van der Waals surface area contributed by atoms with E-state index < -0.39 is 5.82 Å². The Kier molecular flexibility index (Phi) is 6.28. The van der Waals surface area contributed by atoms with Crippen molar-refractivity contribution in [3.8, 4) is 0 Å². The first-order valence-corrected chi connectivity index (χ1v) is 9.89. The van der Waals surface area contributed by atoms with Crippen LogP contribution in [0.1, 0.15) is 55.3 Å². The van der Waals surface area contributed by atoms with Crippen molar-refractivity contribution in [3.05, 3.63) is 34.1 Å². The van der Waals surface area contributed by atoms with Gasteiger partial charge in [0.05, 0.1) is 5.56 Å². The lowest BCUT2D eigenvalue weighted by Gasteiger charge is -2.35. The Morgan fingerprint density at radius 2 is 1.88 bits per heavy atom. The molecule has 1 aliphatic heterocycles. The zero-order chi connectivity index (χ0) is 16.9. The van der Waals surface area contributed by atoms with Crippen LogP contribution in [0.15, 0.2) is 22.7 Å². The first-order valence-electron chi connectivity index (χ1n) is 9.10. The number of benzene rings is 1. The van der Waals surface area contributed by atoms with Gasteiger partial charge in [-0.2, -0.15) is 0 Å². The second kappa shape index (κ2) is 8.43. The Bertz CT molecular complexity index is 566. The summed E-state index contributed by atoms with van der Waals surface area (Å²) >= 11 is 3.29. The highest BCUT2D eigenvalue weighted by Gasteiger charge is 2.24. The number of nitrogens with zero attached hydrogens (tertiary/aromatic N) is 1. The van der Waals surface area contributed by atoms with Crippen molar-refractivity contribution in [2.24, 2.45) is 5.92 Å². The Labute approximate surface area is 152 Å². The predicted octanol–water partition coefficient (Wildman–Crippen LogP) is 4.36. The van der Waals surface area contributed by atoms with Crippen LogP contribution in [0.2, 0.25) is 0 Å². The van der Waals surface area contributed by atoms with E-state index in [9.17, 15) is 9.18 Å². The molecule has 24 heavy (non-hydrogen) atoms. The maximum absolute atomic E-state index is 13.8. The smallest absolute Gasteiger partial charge is 0.254 e. The molecule has 0 atom stereocenters. The number of nitrogens with one attached hydrogen (secondary N) is 1. The maximum atomic E-state index is 13.8. The van der Waals surface area contributed by atoms with Gasteiger partial charge in [-0.1, -0.05) is 35.2 Å². The molecule has 1 amide bonds. The molecule has 0 unspecified atom stereocenters. The Hall–Kier alpha value is -0.940. The average molecular weight is 397 g/mol. The van der Waals surface area contributed by atoms with Crippen LogP contribution in [-0.2, 0) is 0 Å². The molecular formula is C19H26BrFN2O. The number of carbonyl (C=O) groups excluding carboxylic acids is 1. The van der Waals surface area contributed by atoms with Gasteiger partial charge in [0.15, 0.2) is 0 Å². The van der Waals surface area contributed by atoms with Crippen LogP contribution in [0.25, 0.3) is 0 Å². The summed E-state index contributed by atoms with van der Waals surface area (Å²) in [7, 11) is 0. The first kappa shape index (κ1) is 17.9. The molecule has 0 aromatic heterocycles. The molecular weight excluding hydrogens is 371 g/mol. The van der Waals surface area contributed by atoms with Crippen molar-refractivity contribution in [2.45, 2.75) is 51.0 Å². The summed E-state index contributed by atoms with van der Waals surface area (Å²) in [6.45, 7) is 3.27. The van der Waals surface area contributed by atoms with E-state index in [2.05, 4.69) is 26.1 Å². The van der Waals surface area contributed by atoms with Crippen LogP contribution in [-0.4, -0.2) is 36.5 Å². The Balaban J connectivity index is 1.46. The molecule has 0 bridgehead atoms. The van der Waals surface area contributed by atoms with Crippen molar-refractivity contribution in [3.63, 3.8) is 0 Å². The van der Waals surface area contributed by atoms with Crippen LogP contribution >= 0.6 is 15.9 Å². The van der Waals surface area contributed by atoms with Crippen LogP contribution in [0.5, 0.6) is 0 Å². The third-order valence-electron chi connectivity index (χ3n) is 5.34. The van der Waals surface area contributed by atoms with Gasteiger partial charge in [0.25, 0.3) is 5.91 Å². The lowest BCUT2D eigenvalue weighted by atomic mass is 9.88. The van der Waals surface area contributed by atoms with Crippen LogP contribution in [0, 0.1) is 11.7 Å². The summed E-state index contributed by atoms with van der Waals surface area (Å²) in [5, 5.41) is 3.00. The Morgan fingerprint density at radius 3 is 2.58 bits per heavy atom. The van der Waals surface area contributed by atoms with Gasteiger partial charge in [-0.25, -0.2) is 4.39 Å². The molecule has 1 aromatic carbocycles. The minimum atomic E-state index is -0.467. The van der Waals surface area contributed by atoms with Gasteiger partial charge in [-0.05, 0) is 49.8 Å².